The highest BCUT2D eigenvalue weighted by Gasteiger charge is 2.27. The van der Waals surface area contributed by atoms with Gasteiger partial charge in [0.05, 0.1) is 0 Å². The van der Waals surface area contributed by atoms with Gasteiger partial charge in [0.1, 0.15) is 0 Å². The van der Waals surface area contributed by atoms with Crippen molar-refractivity contribution >= 4 is 25.2 Å². The van der Waals surface area contributed by atoms with Crippen LogP contribution in [-0.2, 0) is 0 Å². The van der Waals surface area contributed by atoms with Crippen LogP contribution in [0, 0.1) is 0 Å². The van der Waals surface area contributed by atoms with Gasteiger partial charge in [-0.05, 0) is 33.2 Å². The SMILES string of the molecule is OB(O)c1cccc(-c2ccccc2-c2ccccc2)c1B(O)O. The molecule has 0 aromatic heterocycles. The van der Waals surface area contributed by atoms with E-state index in [1.807, 2.05) is 54.6 Å². The topological polar surface area (TPSA) is 80.9 Å². The first kappa shape index (κ1) is 16.5. The minimum absolute atomic E-state index is 0.0744. The average molecular weight is 318 g/mol. The first-order valence-corrected chi connectivity index (χ1v) is 7.59. The van der Waals surface area contributed by atoms with Crippen LogP contribution in [0.4, 0.5) is 0 Å². The third-order valence-corrected chi connectivity index (χ3v) is 3.98. The molecule has 118 valence electrons. The highest BCUT2D eigenvalue weighted by Crippen LogP contribution is 2.30. The van der Waals surface area contributed by atoms with Gasteiger partial charge in [-0.2, -0.15) is 0 Å². The van der Waals surface area contributed by atoms with E-state index < -0.39 is 14.2 Å². The largest absolute Gasteiger partial charge is 0.488 e. The van der Waals surface area contributed by atoms with E-state index in [1.165, 1.54) is 6.07 Å². The summed E-state index contributed by atoms with van der Waals surface area (Å²) in [6, 6.07) is 22.2. The summed E-state index contributed by atoms with van der Waals surface area (Å²) in [5.41, 5.74) is 3.41. The van der Waals surface area contributed by atoms with Gasteiger partial charge in [-0.15, -0.1) is 0 Å². The van der Waals surface area contributed by atoms with E-state index in [1.54, 1.807) is 12.1 Å². The van der Waals surface area contributed by atoms with Gasteiger partial charge in [-0.25, -0.2) is 0 Å². The molecule has 4 N–H and O–H groups in total. The van der Waals surface area contributed by atoms with Crippen molar-refractivity contribution in [2.75, 3.05) is 0 Å². The molecule has 0 spiro atoms. The standard InChI is InChI=1S/C18H16B2O4/c21-19(22)17-12-6-11-16(18(17)20(23)24)15-10-5-4-9-14(15)13-7-2-1-3-8-13/h1-12,21-24H. The summed E-state index contributed by atoms with van der Waals surface area (Å²) in [6.07, 6.45) is 0. The van der Waals surface area contributed by atoms with Crippen LogP contribution in [0.1, 0.15) is 0 Å². The van der Waals surface area contributed by atoms with Crippen LogP contribution in [0.3, 0.4) is 0 Å². The van der Waals surface area contributed by atoms with E-state index in [9.17, 15) is 20.1 Å². The van der Waals surface area contributed by atoms with E-state index in [-0.39, 0.29) is 10.9 Å². The Kier molecular flexibility index (Phi) is 4.83. The summed E-state index contributed by atoms with van der Waals surface area (Å²) in [5, 5.41) is 38.7. The van der Waals surface area contributed by atoms with Crippen molar-refractivity contribution in [3.05, 3.63) is 72.8 Å². The molecular formula is C18H16B2O4. The van der Waals surface area contributed by atoms with Crippen LogP contribution in [0.2, 0.25) is 0 Å². The van der Waals surface area contributed by atoms with Crippen molar-refractivity contribution in [1.82, 2.24) is 0 Å². The Morgan fingerprint density at radius 3 is 1.71 bits per heavy atom. The Labute approximate surface area is 141 Å². The zero-order valence-corrected chi connectivity index (χ0v) is 12.9. The van der Waals surface area contributed by atoms with Gasteiger partial charge < -0.3 is 20.1 Å². The van der Waals surface area contributed by atoms with E-state index >= 15 is 0 Å². The van der Waals surface area contributed by atoms with Crippen molar-refractivity contribution in [2.24, 2.45) is 0 Å². The smallest absolute Gasteiger partial charge is 0.423 e. The molecule has 3 aromatic carbocycles. The lowest BCUT2D eigenvalue weighted by Crippen LogP contribution is -2.50. The second-order valence-electron chi connectivity index (χ2n) is 5.47. The van der Waals surface area contributed by atoms with Gasteiger partial charge in [0.2, 0.25) is 0 Å². The number of rotatable bonds is 4. The second-order valence-corrected chi connectivity index (χ2v) is 5.47. The second kappa shape index (κ2) is 7.03. The van der Waals surface area contributed by atoms with Crippen molar-refractivity contribution in [3.8, 4) is 22.3 Å². The maximum Gasteiger partial charge on any atom is 0.488 e. The fraction of sp³-hybridized carbons (Fsp3) is 0. The first-order valence-electron chi connectivity index (χ1n) is 7.59. The molecule has 3 rings (SSSR count). The molecule has 0 radical (unpaired) electrons. The Morgan fingerprint density at radius 1 is 0.500 bits per heavy atom. The molecule has 0 saturated carbocycles. The molecule has 0 aliphatic rings. The molecule has 0 amide bonds. The Hall–Kier alpha value is -2.37. The van der Waals surface area contributed by atoms with E-state index in [0.717, 1.165) is 16.7 Å². The fourth-order valence-corrected chi connectivity index (χ4v) is 2.92. The van der Waals surface area contributed by atoms with Crippen LogP contribution in [0.15, 0.2) is 72.8 Å². The number of hydrogen-bond acceptors (Lipinski definition) is 4. The van der Waals surface area contributed by atoms with E-state index in [4.69, 9.17) is 0 Å². The third kappa shape index (κ3) is 3.13. The molecule has 4 nitrogen and oxygen atoms in total. The summed E-state index contributed by atoms with van der Waals surface area (Å²) in [6.45, 7) is 0. The Bertz CT molecular complexity index is 835. The summed E-state index contributed by atoms with van der Waals surface area (Å²) in [4.78, 5) is 0. The predicted octanol–water partition coefficient (Wildman–Crippen LogP) is 0.380. The minimum atomic E-state index is -1.82. The Morgan fingerprint density at radius 2 is 1.08 bits per heavy atom. The van der Waals surface area contributed by atoms with Gasteiger partial charge in [-0.1, -0.05) is 72.8 Å². The lowest BCUT2D eigenvalue weighted by atomic mass is 9.63. The lowest BCUT2D eigenvalue weighted by Gasteiger charge is -2.17. The molecule has 0 heterocycles. The normalized spacial score (nSPS) is 10.5. The summed E-state index contributed by atoms with van der Waals surface area (Å²) < 4.78 is 0. The number of benzene rings is 3. The fourth-order valence-electron chi connectivity index (χ4n) is 2.92. The van der Waals surface area contributed by atoms with Gasteiger partial charge in [0, 0.05) is 0 Å². The quantitative estimate of drug-likeness (QED) is 0.524. The molecule has 0 aliphatic heterocycles. The van der Waals surface area contributed by atoms with Gasteiger partial charge >= 0.3 is 14.2 Å². The highest BCUT2D eigenvalue weighted by atomic mass is 16.4. The van der Waals surface area contributed by atoms with Crippen LogP contribution >= 0.6 is 0 Å². The van der Waals surface area contributed by atoms with Crippen molar-refractivity contribution < 1.29 is 20.1 Å². The van der Waals surface area contributed by atoms with Gasteiger partial charge in [-0.3, -0.25) is 0 Å². The molecule has 24 heavy (non-hydrogen) atoms. The van der Waals surface area contributed by atoms with Crippen LogP contribution < -0.4 is 10.9 Å². The molecule has 0 atom stereocenters. The summed E-state index contributed by atoms with van der Waals surface area (Å²) in [5.74, 6) is 0. The van der Waals surface area contributed by atoms with Crippen LogP contribution in [-0.4, -0.2) is 34.3 Å². The maximum atomic E-state index is 9.79. The molecule has 6 heteroatoms. The summed E-state index contributed by atoms with van der Waals surface area (Å²) >= 11 is 0. The molecule has 0 bridgehead atoms. The molecule has 3 aromatic rings. The van der Waals surface area contributed by atoms with Gasteiger partial charge in [0.25, 0.3) is 0 Å². The highest BCUT2D eigenvalue weighted by molar-refractivity contribution is 6.72. The lowest BCUT2D eigenvalue weighted by molar-refractivity contribution is 0.419. The van der Waals surface area contributed by atoms with E-state index in [2.05, 4.69) is 0 Å². The van der Waals surface area contributed by atoms with Crippen molar-refractivity contribution in [3.63, 3.8) is 0 Å². The average Bonchev–Trinajstić information content (AvgIpc) is 2.61. The van der Waals surface area contributed by atoms with E-state index in [0.29, 0.717) is 5.56 Å². The number of hydrogen-bond donors (Lipinski definition) is 4. The van der Waals surface area contributed by atoms with Crippen LogP contribution in [0.25, 0.3) is 22.3 Å². The monoisotopic (exact) mass is 318 g/mol. The molecule has 0 fully saturated rings. The van der Waals surface area contributed by atoms with Crippen molar-refractivity contribution in [1.29, 1.82) is 0 Å². The molecule has 0 unspecified atom stereocenters. The van der Waals surface area contributed by atoms with Crippen molar-refractivity contribution in [2.45, 2.75) is 0 Å². The first-order chi connectivity index (χ1) is 11.6. The molecular weight excluding hydrogens is 302 g/mol. The Balaban J connectivity index is 2.27. The maximum absolute atomic E-state index is 9.79. The third-order valence-electron chi connectivity index (χ3n) is 3.98. The summed E-state index contributed by atoms with van der Waals surface area (Å²) in [7, 11) is -3.60. The minimum Gasteiger partial charge on any atom is -0.423 e. The van der Waals surface area contributed by atoms with Gasteiger partial charge in [0.15, 0.2) is 0 Å². The predicted molar refractivity (Wildman–Crippen MR) is 97.0 cm³/mol. The molecule has 0 saturated heterocycles. The molecule has 0 aliphatic carbocycles. The zero-order chi connectivity index (χ0) is 17.1. The van der Waals surface area contributed by atoms with Crippen LogP contribution in [0.5, 0.6) is 0 Å². The zero-order valence-electron chi connectivity index (χ0n) is 12.9.